The maximum absolute atomic E-state index is 13.3. The van der Waals surface area contributed by atoms with E-state index in [0.717, 1.165) is 5.96 Å². The highest BCUT2D eigenvalue weighted by molar-refractivity contribution is 14.0. The number of hydrogen-bond donors (Lipinski definition) is 0. The second-order valence-corrected chi connectivity index (χ2v) is 3.84. The zero-order valence-corrected chi connectivity index (χ0v) is 12.8. The number of aliphatic imine (C=N–C) groups is 1. The summed E-state index contributed by atoms with van der Waals surface area (Å²) in [6.07, 6.45) is 1.57. The Labute approximate surface area is 119 Å². The molecule has 0 aromatic carbocycles. The molecule has 1 aromatic heterocycles. The molecule has 6 heteroatoms. The summed E-state index contributed by atoms with van der Waals surface area (Å²) < 4.78 is 13.3. The molecule has 1 aromatic rings. The first-order valence-electron chi connectivity index (χ1n) is 5.01. The molecule has 0 bridgehead atoms. The second kappa shape index (κ2) is 7.41. The summed E-state index contributed by atoms with van der Waals surface area (Å²) in [7, 11) is 7.59. The summed E-state index contributed by atoms with van der Waals surface area (Å²) in [4.78, 5) is 12.0. The Kier molecular flexibility index (Phi) is 7.01. The maximum atomic E-state index is 13.3. The second-order valence-electron chi connectivity index (χ2n) is 3.84. The number of nitrogens with zero attached hydrogens (tertiary/aromatic N) is 4. The Hall–Kier alpha value is -0.920. The summed E-state index contributed by atoms with van der Waals surface area (Å²) in [5.74, 6) is 0.466. The fourth-order valence-electron chi connectivity index (χ4n) is 1.36. The molecule has 0 saturated carbocycles. The van der Waals surface area contributed by atoms with Crippen molar-refractivity contribution in [3.05, 3.63) is 29.8 Å². The van der Waals surface area contributed by atoms with E-state index in [1.54, 1.807) is 12.3 Å². The van der Waals surface area contributed by atoms with Crippen LogP contribution in [0.5, 0.6) is 0 Å². The van der Waals surface area contributed by atoms with Crippen LogP contribution >= 0.6 is 24.0 Å². The zero-order valence-electron chi connectivity index (χ0n) is 10.5. The fourth-order valence-corrected chi connectivity index (χ4v) is 1.36. The van der Waals surface area contributed by atoms with Gasteiger partial charge in [-0.05, 0) is 12.1 Å². The zero-order chi connectivity index (χ0) is 12.1. The number of rotatable bonds is 2. The van der Waals surface area contributed by atoms with Crippen molar-refractivity contribution in [3.63, 3.8) is 0 Å². The van der Waals surface area contributed by atoms with Crippen molar-refractivity contribution in [2.45, 2.75) is 6.54 Å². The van der Waals surface area contributed by atoms with Crippen LogP contribution in [0.25, 0.3) is 0 Å². The lowest BCUT2D eigenvalue weighted by Gasteiger charge is -2.22. The Morgan fingerprint density at radius 1 is 1.29 bits per heavy atom. The minimum atomic E-state index is -0.317. The molecule has 0 saturated heterocycles. The highest BCUT2D eigenvalue weighted by atomic mass is 127. The van der Waals surface area contributed by atoms with Gasteiger partial charge in [0.1, 0.15) is 5.82 Å². The van der Waals surface area contributed by atoms with Crippen molar-refractivity contribution in [2.24, 2.45) is 4.99 Å². The highest BCUT2D eigenvalue weighted by Gasteiger charge is 2.06. The van der Waals surface area contributed by atoms with Crippen molar-refractivity contribution >= 4 is 29.9 Å². The molecule has 0 fully saturated rings. The largest absolute Gasteiger partial charge is 0.349 e. The quantitative estimate of drug-likeness (QED) is 0.462. The van der Waals surface area contributed by atoms with Crippen LogP contribution in [0.15, 0.2) is 23.3 Å². The van der Waals surface area contributed by atoms with Crippen LogP contribution in [0.3, 0.4) is 0 Å². The van der Waals surface area contributed by atoms with E-state index in [2.05, 4.69) is 9.98 Å². The van der Waals surface area contributed by atoms with E-state index in [1.807, 2.05) is 38.0 Å². The summed E-state index contributed by atoms with van der Waals surface area (Å²) in [6, 6.07) is 2.96. The summed E-state index contributed by atoms with van der Waals surface area (Å²) >= 11 is 0. The van der Waals surface area contributed by atoms with Gasteiger partial charge < -0.3 is 9.80 Å². The first-order valence-corrected chi connectivity index (χ1v) is 5.01. The molecule has 0 aliphatic carbocycles. The van der Waals surface area contributed by atoms with Crippen LogP contribution in [0.4, 0.5) is 4.39 Å². The normalized spacial score (nSPS) is 9.24. The number of hydrogen-bond acceptors (Lipinski definition) is 2. The Morgan fingerprint density at radius 3 is 2.35 bits per heavy atom. The van der Waals surface area contributed by atoms with Gasteiger partial charge in [0, 0.05) is 34.4 Å². The Morgan fingerprint density at radius 2 is 1.88 bits per heavy atom. The predicted molar refractivity (Wildman–Crippen MR) is 78.1 cm³/mol. The van der Waals surface area contributed by atoms with E-state index in [1.165, 1.54) is 6.07 Å². The molecule has 0 radical (unpaired) electrons. The van der Waals surface area contributed by atoms with Gasteiger partial charge in [-0.25, -0.2) is 9.38 Å². The van der Waals surface area contributed by atoms with Crippen molar-refractivity contribution in [1.82, 2.24) is 14.8 Å². The molecule has 1 rings (SSSR count). The van der Waals surface area contributed by atoms with Gasteiger partial charge >= 0.3 is 0 Å². The SMILES string of the molecule is CN(C)C(=NCc1ncccc1F)N(C)C.I. The van der Waals surface area contributed by atoms with Crippen LogP contribution in [0.2, 0.25) is 0 Å². The van der Waals surface area contributed by atoms with Gasteiger partial charge in [0.25, 0.3) is 0 Å². The minimum Gasteiger partial charge on any atom is -0.349 e. The first-order chi connectivity index (χ1) is 7.52. The van der Waals surface area contributed by atoms with E-state index in [4.69, 9.17) is 0 Å². The van der Waals surface area contributed by atoms with Crippen LogP contribution in [-0.4, -0.2) is 48.9 Å². The fraction of sp³-hybridized carbons (Fsp3) is 0.455. The van der Waals surface area contributed by atoms with Gasteiger partial charge in [0.2, 0.25) is 0 Å². The first kappa shape index (κ1) is 16.1. The standard InChI is InChI=1S/C11H17FN4.HI/c1-15(2)11(16(3)4)14-8-10-9(12)6-5-7-13-10;/h5-7H,8H2,1-4H3;1H. The van der Waals surface area contributed by atoms with Crippen LogP contribution < -0.4 is 0 Å². The molecule has 0 unspecified atom stereocenters. The predicted octanol–water partition coefficient (Wildman–Crippen LogP) is 1.82. The molecule has 0 spiro atoms. The van der Waals surface area contributed by atoms with E-state index >= 15 is 0 Å². The number of halogens is 2. The van der Waals surface area contributed by atoms with Crippen LogP contribution in [-0.2, 0) is 6.54 Å². The maximum Gasteiger partial charge on any atom is 0.195 e. The van der Waals surface area contributed by atoms with Gasteiger partial charge in [-0.2, -0.15) is 0 Å². The summed E-state index contributed by atoms with van der Waals surface area (Å²) in [5, 5.41) is 0. The third kappa shape index (κ3) is 4.84. The van der Waals surface area contributed by atoms with Crippen molar-refractivity contribution in [2.75, 3.05) is 28.2 Å². The average molecular weight is 352 g/mol. The van der Waals surface area contributed by atoms with Crippen LogP contribution in [0, 0.1) is 5.82 Å². The van der Waals surface area contributed by atoms with E-state index in [0.29, 0.717) is 5.69 Å². The average Bonchev–Trinajstić information content (AvgIpc) is 2.20. The summed E-state index contributed by atoms with van der Waals surface area (Å²) in [5.41, 5.74) is 0.365. The minimum absolute atomic E-state index is 0. The monoisotopic (exact) mass is 352 g/mol. The molecule has 0 atom stereocenters. The van der Waals surface area contributed by atoms with E-state index in [9.17, 15) is 4.39 Å². The molecule has 0 aliphatic rings. The van der Waals surface area contributed by atoms with Crippen molar-refractivity contribution in [3.8, 4) is 0 Å². The van der Waals surface area contributed by atoms with E-state index in [-0.39, 0.29) is 36.3 Å². The highest BCUT2D eigenvalue weighted by Crippen LogP contribution is 2.04. The lowest BCUT2D eigenvalue weighted by Crippen LogP contribution is -2.35. The molecule has 17 heavy (non-hydrogen) atoms. The molecular formula is C11H18FIN4. The number of aromatic nitrogens is 1. The third-order valence-electron chi connectivity index (χ3n) is 2.00. The Balaban J connectivity index is 0.00000256. The lowest BCUT2D eigenvalue weighted by molar-refractivity contribution is 0.478. The molecule has 0 amide bonds. The topological polar surface area (TPSA) is 31.7 Å². The molecule has 0 N–H and O–H groups in total. The summed E-state index contributed by atoms with van der Waals surface area (Å²) in [6.45, 7) is 0.248. The van der Waals surface area contributed by atoms with Gasteiger partial charge in [-0.1, -0.05) is 0 Å². The van der Waals surface area contributed by atoms with Crippen LogP contribution in [0.1, 0.15) is 5.69 Å². The molecule has 1 heterocycles. The smallest absolute Gasteiger partial charge is 0.195 e. The van der Waals surface area contributed by atoms with Gasteiger partial charge in [-0.3, -0.25) is 4.98 Å². The van der Waals surface area contributed by atoms with Gasteiger partial charge in [0.15, 0.2) is 5.96 Å². The molecule has 96 valence electrons. The van der Waals surface area contributed by atoms with Gasteiger partial charge in [-0.15, -0.1) is 24.0 Å². The Bertz CT molecular complexity index is 369. The number of guanidine groups is 1. The molecule has 0 aliphatic heterocycles. The third-order valence-corrected chi connectivity index (χ3v) is 2.00. The number of pyridine rings is 1. The molecular weight excluding hydrogens is 334 g/mol. The molecule has 4 nitrogen and oxygen atoms in total. The van der Waals surface area contributed by atoms with Gasteiger partial charge in [0.05, 0.1) is 12.2 Å². The van der Waals surface area contributed by atoms with E-state index < -0.39 is 0 Å². The lowest BCUT2D eigenvalue weighted by atomic mass is 10.3. The van der Waals surface area contributed by atoms with Crippen molar-refractivity contribution in [1.29, 1.82) is 0 Å². The van der Waals surface area contributed by atoms with Crippen molar-refractivity contribution < 1.29 is 4.39 Å².